The van der Waals surface area contributed by atoms with Gasteiger partial charge in [0.25, 0.3) is 0 Å². The Morgan fingerprint density at radius 3 is 2.17 bits per heavy atom. The average molecular weight is 673 g/mol. The van der Waals surface area contributed by atoms with E-state index in [0.717, 1.165) is 12.7 Å². The molecule has 0 aliphatic carbocycles. The summed E-state index contributed by atoms with van der Waals surface area (Å²) in [5.74, 6) is 0.123. The number of benzene rings is 2. The van der Waals surface area contributed by atoms with E-state index in [1.807, 2.05) is 0 Å². The number of rotatable bonds is 5. The van der Waals surface area contributed by atoms with Crippen molar-refractivity contribution in [3.05, 3.63) is 49.1 Å². The molecule has 9 heteroatoms. The van der Waals surface area contributed by atoms with Crippen molar-refractivity contribution in [2.45, 2.75) is 9.97 Å². The van der Waals surface area contributed by atoms with Crippen LogP contribution in [0, 0.1) is 7.14 Å². The van der Waals surface area contributed by atoms with Crippen LogP contribution in [0.1, 0.15) is 5.56 Å². The fraction of sp³-hybridized carbons (Fsp3) is 0.133. The average Bonchev–Trinajstić information content (AvgIpc) is 2.44. The number of ether oxygens (including phenoxy) is 1. The number of halogens is 3. The van der Waals surface area contributed by atoms with E-state index in [1.165, 1.54) is 12.1 Å². The summed E-state index contributed by atoms with van der Waals surface area (Å²) in [6.07, 6.45) is 0.211. The van der Waals surface area contributed by atoms with Gasteiger partial charge in [-0.25, -0.2) is 4.79 Å². The SMILES string of the molecule is N[C@](I)(Cc1ccc(Oc2c(I)cc([O-])cc2I)cc1)C(=O)O.[Na+]. The van der Waals surface area contributed by atoms with E-state index < -0.39 is 9.51 Å². The molecule has 2 aromatic rings. The fourth-order valence-electron chi connectivity index (χ4n) is 1.80. The quantitative estimate of drug-likeness (QED) is 0.209. The first kappa shape index (κ1) is 22.7. The van der Waals surface area contributed by atoms with Crippen molar-refractivity contribution in [3.63, 3.8) is 0 Å². The molecule has 0 heterocycles. The predicted molar refractivity (Wildman–Crippen MR) is 110 cm³/mol. The monoisotopic (exact) mass is 673 g/mol. The first-order chi connectivity index (χ1) is 10.7. The number of carbonyl (C=O) groups is 1. The number of carboxylic acids is 1. The molecule has 3 N–H and O–H groups in total. The Morgan fingerprint density at radius 2 is 1.71 bits per heavy atom. The summed E-state index contributed by atoms with van der Waals surface area (Å²) >= 11 is 5.84. The molecule has 0 fully saturated rings. The molecule has 0 aromatic heterocycles. The predicted octanol–water partition coefficient (Wildman–Crippen LogP) is 0.483. The van der Waals surface area contributed by atoms with Crippen molar-refractivity contribution in [2.75, 3.05) is 0 Å². The Labute approximate surface area is 202 Å². The molecule has 0 unspecified atom stereocenters. The largest absolute Gasteiger partial charge is 1.00 e. The van der Waals surface area contributed by atoms with Crippen molar-refractivity contribution >= 4 is 73.7 Å². The van der Waals surface area contributed by atoms with Crippen molar-refractivity contribution in [2.24, 2.45) is 5.73 Å². The van der Waals surface area contributed by atoms with Crippen LogP contribution in [0.15, 0.2) is 36.4 Å². The molecule has 5 nitrogen and oxygen atoms in total. The Kier molecular flexibility index (Phi) is 9.04. The number of aliphatic carboxylic acids is 1. The Morgan fingerprint density at radius 1 is 1.21 bits per heavy atom. The summed E-state index contributed by atoms with van der Waals surface area (Å²) in [4.78, 5) is 11.1. The van der Waals surface area contributed by atoms with E-state index >= 15 is 0 Å². The summed E-state index contributed by atoms with van der Waals surface area (Å²) in [5, 5.41) is 20.5. The topological polar surface area (TPSA) is 95.6 Å². The van der Waals surface area contributed by atoms with Gasteiger partial charge >= 0.3 is 35.5 Å². The summed E-state index contributed by atoms with van der Waals surface area (Å²) in [7, 11) is 0. The molecule has 1 atom stereocenters. The maximum Gasteiger partial charge on any atom is 1.00 e. The second-order valence-electron chi connectivity index (χ2n) is 4.81. The van der Waals surface area contributed by atoms with Crippen molar-refractivity contribution in [1.82, 2.24) is 0 Å². The Bertz CT molecular complexity index is 715. The smallest absolute Gasteiger partial charge is 0.872 e. The minimum Gasteiger partial charge on any atom is -0.872 e. The third-order valence-electron chi connectivity index (χ3n) is 2.93. The van der Waals surface area contributed by atoms with Crippen LogP contribution in [0.3, 0.4) is 0 Å². The number of alkyl halides is 1. The summed E-state index contributed by atoms with van der Waals surface area (Å²) < 4.78 is 5.96. The van der Waals surface area contributed by atoms with Crippen LogP contribution in [0.2, 0.25) is 0 Å². The number of hydrogen-bond donors (Lipinski definition) is 2. The second-order valence-corrected chi connectivity index (χ2v) is 9.06. The molecule has 122 valence electrons. The molecule has 0 aliphatic rings. The standard InChI is InChI=1S/C15H12I3NO4.Na/c16-11-5-9(20)6-12(17)13(11)23-10-3-1-8(2-4-10)7-15(18,19)14(21)22;/h1-6,20H,7,19H2,(H,21,22);/q;+1/p-1/t15-;/m1./s1. The molecule has 0 spiro atoms. The Hall–Kier alpha value is 0.660. The molecule has 0 amide bonds. The van der Waals surface area contributed by atoms with Gasteiger partial charge in [0, 0.05) is 6.42 Å². The second kappa shape index (κ2) is 9.55. The van der Waals surface area contributed by atoms with Crippen LogP contribution >= 0.6 is 67.8 Å². The van der Waals surface area contributed by atoms with Crippen LogP contribution < -0.4 is 45.1 Å². The van der Waals surface area contributed by atoms with E-state index in [1.54, 1.807) is 46.9 Å². The molecule has 2 aromatic carbocycles. The van der Waals surface area contributed by atoms with Gasteiger partial charge < -0.3 is 20.7 Å². The van der Waals surface area contributed by atoms with Crippen LogP contribution in [0.4, 0.5) is 0 Å². The van der Waals surface area contributed by atoms with Crippen LogP contribution in [-0.4, -0.2) is 14.6 Å². The molecule has 0 aliphatic heterocycles. The van der Waals surface area contributed by atoms with E-state index in [9.17, 15) is 9.90 Å². The molecule has 0 bridgehead atoms. The zero-order valence-corrected chi connectivity index (χ0v) is 21.0. The summed E-state index contributed by atoms with van der Waals surface area (Å²) in [5.41, 5.74) is 6.53. The van der Waals surface area contributed by atoms with E-state index in [0.29, 0.717) is 11.5 Å². The maximum atomic E-state index is 11.4. The van der Waals surface area contributed by atoms with E-state index in [4.69, 9.17) is 15.6 Å². The number of nitrogens with two attached hydrogens (primary N) is 1. The third kappa shape index (κ3) is 6.13. The Balaban J connectivity index is 0.00000288. The fourth-order valence-corrected chi connectivity index (χ4v) is 4.17. The van der Waals surface area contributed by atoms with Gasteiger partial charge in [0.2, 0.25) is 0 Å². The van der Waals surface area contributed by atoms with E-state index in [-0.39, 0.29) is 41.7 Å². The molecule has 2 rings (SSSR count). The molecular formula is C15H11I3NNaO4. The van der Waals surface area contributed by atoms with Gasteiger partial charge in [0.15, 0.2) is 9.30 Å². The van der Waals surface area contributed by atoms with Gasteiger partial charge in [0.05, 0.1) is 7.14 Å². The number of hydrogen-bond acceptors (Lipinski definition) is 4. The zero-order valence-electron chi connectivity index (χ0n) is 12.6. The summed E-state index contributed by atoms with van der Waals surface area (Å²) in [6, 6.07) is 10.1. The van der Waals surface area contributed by atoms with Crippen LogP contribution in [0.25, 0.3) is 0 Å². The van der Waals surface area contributed by atoms with Crippen molar-refractivity contribution in [3.8, 4) is 17.2 Å². The molecule has 0 saturated carbocycles. The number of carboxylic acid groups (broad SMARTS) is 1. The van der Waals surface area contributed by atoms with Crippen LogP contribution in [0.5, 0.6) is 17.2 Å². The maximum absolute atomic E-state index is 11.4. The van der Waals surface area contributed by atoms with Gasteiger partial charge in [-0.15, -0.1) is 5.75 Å². The molecule has 24 heavy (non-hydrogen) atoms. The minimum atomic E-state index is -1.34. The van der Waals surface area contributed by atoms with Gasteiger partial charge in [-0.05, 0) is 85.5 Å². The van der Waals surface area contributed by atoms with Crippen molar-refractivity contribution < 1.29 is 49.3 Å². The molecule has 0 saturated heterocycles. The van der Waals surface area contributed by atoms with Gasteiger partial charge in [-0.2, -0.15) is 0 Å². The zero-order chi connectivity index (χ0) is 17.2. The van der Waals surface area contributed by atoms with Crippen molar-refractivity contribution in [1.29, 1.82) is 0 Å². The first-order valence-electron chi connectivity index (χ1n) is 6.33. The van der Waals surface area contributed by atoms with Gasteiger partial charge in [-0.3, -0.25) is 0 Å². The van der Waals surface area contributed by atoms with Crippen LogP contribution in [-0.2, 0) is 11.2 Å². The molecule has 0 radical (unpaired) electrons. The molecular weight excluding hydrogens is 662 g/mol. The van der Waals surface area contributed by atoms with E-state index in [2.05, 4.69) is 45.2 Å². The normalized spacial score (nSPS) is 12.8. The summed E-state index contributed by atoms with van der Waals surface area (Å²) in [6.45, 7) is 0. The third-order valence-corrected chi connectivity index (χ3v) is 5.38. The first-order valence-corrected chi connectivity index (χ1v) is 9.57. The minimum absolute atomic E-state index is 0. The van der Waals surface area contributed by atoms with Gasteiger partial charge in [-0.1, -0.05) is 24.3 Å². The van der Waals surface area contributed by atoms with Gasteiger partial charge in [0.1, 0.15) is 5.75 Å².